The molecule has 0 aromatic carbocycles. The van der Waals surface area contributed by atoms with Crippen molar-refractivity contribution in [1.82, 2.24) is 19.5 Å². The molecule has 4 rings (SSSR count). The number of fused-ring (bicyclic) bond motifs is 1. The second-order valence-corrected chi connectivity index (χ2v) is 15.2. The number of aromatic nitrogens is 4. The number of ether oxygens (including phenoxy) is 4. The second-order valence-electron chi connectivity index (χ2n) is 12.2. The molecule has 2 aliphatic heterocycles. The average molecular weight is 832 g/mol. The highest BCUT2D eigenvalue weighted by molar-refractivity contribution is 7.61. The van der Waals surface area contributed by atoms with Gasteiger partial charge in [-0.1, -0.05) is 0 Å². The molecule has 25 nitrogen and oxygen atoms in total. The SMILES string of the molecule is CC(=O)OC[C@@H](OC(C)=O)[C@@H]1O[C@@H](OP(=O)(O)OP(=O)(O)OC[C@H]2O[C@@H](n3cnc4c(N)ncnc43)[C@H](O)[C@@H]2F)[C@@H](CC(=O)O)[C@@H](CC(=O)O)[C@H]1CC(=O)O. The van der Waals surface area contributed by atoms with Gasteiger partial charge in [0, 0.05) is 32.1 Å². The number of aliphatic carboxylic acids is 3. The lowest BCUT2D eigenvalue weighted by Gasteiger charge is -2.47. The van der Waals surface area contributed by atoms with Gasteiger partial charge in [-0.25, -0.2) is 28.5 Å². The van der Waals surface area contributed by atoms with Gasteiger partial charge in [0.2, 0.25) is 0 Å². The van der Waals surface area contributed by atoms with Crippen LogP contribution >= 0.6 is 15.6 Å². The first kappa shape index (κ1) is 43.5. The molecular weight excluding hydrogens is 795 g/mol. The molecule has 12 atom stereocenters. The lowest BCUT2D eigenvalue weighted by Crippen LogP contribution is -2.56. The molecule has 4 heterocycles. The first-order valence-electron chi connectivity index (χ1n) is 15.8. The third-order valence-corrected chi connectivity index (χ3v) is 10.9. The number of aliphatic hydroxyl groups excluding tert-OH is 1. The number of nitrogen functional groups attached to an aromatic ring is 1. The van der Waals surface area contributed by atoms with Crippen LogP contribution in [0.25, 0.3) is 11.2 Å². The van der Waals surface area contributed by atoms with Gasteiger partial charge in [0.1, 0.15) is 36.8 Å². The first-order chi connectivity index (χ1) is 25.6. The summed E-state index contributed by atoms with van der Waals surface area (Å²) in [7, 11) is -11.8. The maximum atomic E-state index is 15.1. The summed E-state index contributed by atoms with van der Waals surface area (Å²) in [6.07, 6.45) is -14.5. The Morgan fingerprint density at radius 2 is 1.55 bits per heavy atom. The number of anilines is 1. The minimum Gasteiger partial charge on any atom is -0.481 e. The van der Waals surface area contributed by atoms with E-state index in [1.165, 1.54) is 0 Å². The Morgan fingerprint density at radius 3 is 2.15 bits per heavy atom. The number of hydrogen-bond donors (Lipinski definition) is 7. The Kier molecular flexibility index (Phi) is 14.0. The lowest BCUT2D eigenvalue weighted by atomic mass is 9.70. The summed E-state index contributed by atoms with van der Waals surface area (Å²) in [5.41, 5.74) is 5.84. The van der Waals surface area contributed by atoms with Crippen LogP contribution < -0.4 is 5.73 Å². The molecule has 2 unspecified atom stereocenters. The maximum Gasteiger partial charge on any atom is 0.483 e. The van der Waals surface area contributed by atoms with Gasteiger partial charge in [0.15, 0.2) is 36.3 Å². The highest BCUT2D eigenvalue weighted by atomic mass is 31.3. The van der Waals surface area contributed by atoms with Crippen LogP contribution in [0.4, 0.5) is 10.2 Å². The van der Waals surface area contributed by atoms with Crippen molar-refractivity contribution in [3.63, 3.8) is 0 Å². The van der Waals surface area contributed by atoms with Gasteiger partial charge >= 0.3 is 45.5 Å². The molecule has 2 aromatic heterocycles. The molecule has 2 aromatic rings. The van der Waals surface area contributed by atoms with Crippen LogP contribution in [0.15, 0.2) is 12.7 Å². The van der Waals surface area contributed by atoms with Crippen molar-refractivity contribution < 1.29 is 100 Å². The Balaban J connectivity index is 1.57. The minimum atomic E-state index is -5.99. The van der Waals surface area contributed by atoms with Gasteiger partial charge in [-0.05, 0) is 5.92 Å². The van der Waals surface area contributed by atoms with Gasteiger partial charge in [-0.15, -0.1) is 0 Å². The van der Waals surface area contributed by atoms with Gasteiger partial charge in [0.05, 0.1) is 25.8 Å². The highest BCUT2D eigenvalue weighted by Crippen LogP contribution is 2.62. The molecule has 0 spiro atoms. The van der Waals surface area contributed by atoms with Crippen LogP contribution in [0.2, 0.25) is 0 Å². The third kappa shape index (κ3) is 11.2. The van der Waals surface area contributed by atoms with Gasteiger partial charge in [-0.2, -0.15) is 4.31 Å². The van der Waals surface area contributed by atoms with E-state index in [1.807, 2.05) is 0 Å². The number of phosphoric acid groups is 2. The van der Waals surface area contributed by atoms with Crippen molar-refractivity contribution in [3.05, 3.63) is 12.7 Å². The zero-order valence-electron chi connectivity index (χ0n) is 28.5. The number of halogens is 1. The van der Waals surface area contributed by atoms with E-state index in [2.05, 4.69) is 23.8 Å². The molecule has 306 valence electrons. The van der Waals surface area contributed by atoms with E-state index in [9.17, 15) is 63.3 Å². The number of esters is 2. The fourth-order valence-electron chi connectivity index (χ4n) is 6.22. The van der Waals surface area contributed by atoms with Crippen molar-refractivity contribution in [1.29, 1.82) is 0 Å². The quantitative estimate of drug-likeness (QED) is 0.0752. The van der Waals surface area contributed by atoms with E-state index in [0.717, 1.165) is 31.1 Å². The van der Waals surface area contributed by atoms with Crippen molar-refractivity contribution >= 4 is 62.5 Å². The van der Waals surface area contributed by atoms with E-state index in [1.54, 1.807) is 0 Å². The van der Waals surface area contributed by atoms with Crippen LogP contribution in [0.1, 0.15) is 39.3 Å². The minimum absolute atomic E-state index is 0.0265. The summed E-state index contributed by atoms with van der Waals surface area (Å²) in [5, 5.41) is 39.5. The van der Waals surface area contributed by atoms with Crippen molar-refractivity contribution in [2.24, 2.45) is 17.8 Å². The molecule has 0 saturated carbocycles. The van der Waals surface area contributed by atoms with Crippen LogP contribution in [-0.2, 0) is 65.4 Å². The van der Waals surface area contributed by atoms with Gasteiger partial charge < -0.3 is 54.9 Å². The number of carboxylic acid groups (broad SMARTS) is 3. The smallest absolute Gasteiger partial charge is 0.481 e. The molecule has 2 aliphatic rings. The molecule has 2 saturated heterocycles. The van der Waals surface area contributed by atoms with Crippen molar-refractivity contribution in [2.75, 3.05) is 18.9 Å². The molecule has 2 fully saturated rings. The summed E-state index contributed by atoms with van der Waals surface area (Å²) in [6, 6.07) is 0. The monoisotopic (exact) mass is 831 g/mol. The molecule has 55 heavy (non-hydrogen) atoms. The summed E-state index contributed by atoms with van der Waals surface area (Å²) < 4.78 is 77.3. The molecule has 0 bridgehead atoms. The van der Waals surface area contributed by atoms with Crippen molar-refractivity contribution in [3.8, 4) is 0 Å². The number of imidazole rings is 1. The molecule has 8 N–H and O–H groups in total. The topological polar surface area (TPSA) is 375 Å². The highest BCUT2D eigenvalue weighted by Gasteiger charge is 2.54. The van der Waals surface area contributed by atoms with Gasteiger partial charge in [-0.3, -0.25) is 37.6 Å². The fourth-order valence-corrected chi connectivity index (χ4v) is 8.41. The number of rotatable bonds is 18. The van der Waals surface area contributed by atoms with Crippen LogP contribution in [-0.4, -0.2) is 130 Å². The number of phosphoric ester groups is 2. The summed E-state index contributed by atoms with van der Waals surface area (Å²) in [4.78, 5) is 91.9. The Morgan fingerprint density at radius 1 is 0.927 bits per heavy atom. The maximum absolute atomic E-state index is 15.1. The number of nitrogens with two attached hydrogens (primary N) is 1. The number of carboxylic acids is 3. The summed E-state index contributed by atoms with van der Waals surface area (Å²) >= 11 is 0. The van der Waals surface area contributed by atoms with E-state index in [0.29, 0.717) is 0 Å². The Hall–Kier alpha value is -4.23. The number of alkyl halides is 1. The van der Waals surface area contributed by atoms with E-state index in [4.69, 9.17) is 29.2 Å². The number of carbonyl (C=O) groups is 5. The van der Waals surface area contributed by atoms with Crippen molar-refractivity contribution in [2.45, 2.75) is 76.2 Å². The number of hydrogen-bond acceptors (Lipinski definition) is 19. The van der Waals surface area contributed by atoms with E-state index >= 15 is 4.39 Å². The fraction of sp³-hybridized carbons (Fsp3) is 0.630. The summed E-state index contributed by atoms with van der Waals surface area (Å²) in [5.74, 6) is -11.8. The standard InChI is InChI=1S/C27H36FN5O20P2/c1-10(34)47-6-16(49-11(2)35)23-13(4-18(38)39)12(3-17(36)37)14(5-19(40)41)27(51-23)52-55(45,46)53-54(43,44)48-7-15-20(28)22(42)26(50-15)33-9-32-21-24(29)30-8-31-25(21)33/h8-9,12-16,20,22-23,26-27,42H,3-7H2,1-2H3,(H,36,37)(H,38,39)(H,40,41)(H,43,44)(H,45,46)(H2,29,30,31)/t12-,13+,14-,15+,16+,20+,22+,23+,26+,27-/m0/s1. The predicted octanol–water partition coefficient (Wildman–Crippen LogP) is -0.252. The average Bonchev–Trinajstić information content (AvgIpc) is 3.60. The third-order valence-electron chi connectivity index (χ3n) is 8.32. The van der Waals surface area contributed by atoms with Gasteiger partial charge in [0.25, 0.3) is 0 Å². The zero-order valence-corrected chi connectivity index (χ0v) is 30.3. The number of aliphatic hydroxyl groups is 1. The normalized spacial score (nSPS) is 29.5. The number of carbonyl (C=O) groups excluding carboxylic acids is 2. The van der Waals surface area contributed by atoms with Crippen LogP contribution in [0.3, 0.4) is 0 Å². The largest absolute Gasteiger partial charge is 0.483 e. The molecular formula is C27H36FN5O20P2. The molecule has 28 heteroatoms. The van der Waals surface area contributed by atoms with Crippen LogP contribution in [0, 0.1) is 17.8 Å². The van der Waals surface area contributed by atoms with E-state index < -0.39 is 139 Å². The first-order valence-corrected chi connectivity index (χ1v) is 18.8. The Labute approximate surface area is 307 Å². The molecule has 0 amide bonds. The number of nitrogens with zero attached hydrogens (tertiary/aromatic N) is 4. The lowest BCUT2D eigenvalue weighted by molar-refractivity contribution is -0.258. The van der Waals surface area contributed by atoms with E-state index in [-0.39, 0.29) is 17.0 Å². The second kappa shape index (κ2) is 17.7. The molecule has 0 radical (unpaired) electrons. The Bertz CT molecular complexity index is 1870. The van der Waals surface area contributed by atoms with Crippen LogP contribution in [0.5, 0.6) is 0 Å². The summed E-state index contributed by atoms with van der Waals surface area (Å²) in [6.45, 7) is -0.175. The zero-order chi connectivity index (χ0) is 41.0. The molecule has 0 aliphatic carbocycles. The predicted molar refractivity (Wildman–Crippen MR) is 170 cm³/mol.